The van der Waals surface area contributed by atoms with Crippen molar-refractivity contribution >= 4 is 0 Å². The van der Waals surface area contributed by atoms with Crippen molar-refractivity contribution in [1.82, 2.24) is 9.78 Å². The Balaban J connectivity index is 2.53. The zero-order valence-electron chi connectivity index (χ0n) is 19.2. The minimum Gasteiger partial charge on any atom is -0.376 e. The van der Waals surface area contributed by atoms with Crippen molar-refractivity contribution < 1.29 is 14.6 Å². The molecule has 0 fully saturated rings. The van der Waals surface area contributed by atoms with Gasteiger partial charge in [0.05, 0.1) is 11.4 Å². The Kier molecular flexibility index (Phi) is 7.65. The second-order valence-corrected chi connectivity index (χ2v) is 7.40. The summed E-state index contributed by atoms with van der Waals surface area (Å²) in [5, 5.41) is 15.5. The average molecular weight is 399 g/mol. The lowest BCUT2D eigenvalue weighted by Gasteiger charge is -2.19. The maximum absolute atomic E-state index is 10.8. The molecule has 1 aromatic carbocycles. The zero-order valence-corrected chi connectivity index (χ0v) is 19.2. The third kappa shape index (κ3) is 4.56. The highest BCUT2D eigenvalue weighted by molar-refractivity contribution is 5.58. The van der Waals surface area contributed by atoms with Crippen LogP contribution in [0.15, 0.2) is 0 Å². The molecule has 1 N–H and O–H groups in total. The first-order chi connectivity index (χ1) is 13.6. The van der Waals surface area contributed by atoms with Gasteiger partial charge in [-0.25, -0.2) is 4.68 Å². The maximum Gasteiger partial charge on any atom is 0.222 e. The van der Waals surface area contributed by atoms with Crippen molar-refractivity contribution in [3.63, 3.8) is 0 Å². The number of hydrogen-bond acceptors (Lipinski definition) is 4. The molecule has 0 amide bonds. The first kappa shape index (κ1) is 23.2. The number of aliphatic hydroxyl groups excluding tert-OH is 1. The smallest absolute Gasteiger partial charge is 0.222 e. The highest BCUT2D eigenvalue weighted by Gasteiger charge is 2.22. The van der Waals surface area contributed by atoms with Crippen LogP contribution in [0.2, 0.25) is 0 Å². The lowest BCUT2D eigenvalue weighted by atomic mass is 9.93. The normalized spacial score (nSPS) is 12.2. The number of aryl methyl sites for hydroxylation is 1. The number of ether oxygens (including phenoxy) is 2. The van der Waals surface area contributed by atoms with Crippen molar-refractivity contribution in [2.24, 2.45) is 0 Å². The van der Waals surface area contributed by atoms with E-state index in [4.69, 9.17) is 14.6 Å². The van der Waals surface area contributed by atoms with Crippen LogP contribution >= 0.6 is 0 Å². The summed E-state index contributed by atoms with van der Waals surface area (Å²) in [7, 11) is 0. The number of aliphatic hydroxyl groups is 1. The molecule has 0 aliphatic carbocycles. The first-order valence-corrected chi connectivity index (χ1v) is 10.2. The van der Waals surface area contributed by atoms with Gasteiger partial charge < -0.3 is 14.6 Å². The van der Waals surface area contributed by atoms with Crippen molar-refractivity contribution in [3.05, 3.63) is 44.8 Å². The van der Waals surface area contributed by atoms with Gasteiger partial charge in [-0.1, -0.05) is 5.92 Å². The summed E-state index contributed by atoms with van der Waals surface area (Å²) in [5.41, 5.74) is 9.74. The Labute approximate surface area is 175 Å². The SMILES string of the molecule is CCOC(C#CC(O)c1c(C)nn(-c2c(C)c(C)c(C)c(C)c2C)c1C)OCC. The molecule has 0 radical (unpaired) electrons. The molecule has 5 nitrogen and oxygen atoms in total. The molecule has 5 heteroatoms. The molecule has 1 heterocycles. The van der Waals surface area contributed by atoms with Crippen LogP contribution in [0, 0.1) is 60.3 Å². The van der Waals surface area contributed by atoms with E-state index < -0.39 is 12.4 Å². The molecule has 2 aromatic rings. The second kappa shape index (κ2) is 9.58. The fourth-order valence-corrected chi connectivity index (χ4v) is 3.72. The van der Waals surface area contributed by atoms with Gasteiger partial charge in [-0.3, -0.25) is 0 Å². The topological polar surface area (TPSA) is 56.5 Å². The minimum atomic E-state index is -0.958. The molecule has 0 spiro atoms. The Morgan fingerprint density at radius 1 is 0.828 bits per heavy atom. The Morgan fingerprint density at radius 3 is 1.79 bits per heavy atom. The van der Waals surface area contributed by atoms with Crippen molar-refractivity contribution in [2.75, 3.05) is 13.2 Å². The molecule has 1 aromatic heterocycles. The quantitative estimate of drug-likeness (QED) is 0.576. The third-order valence-electron chi connectivity index (χ3n) is 5.77. The largest absolute Gasteiger partial charge is 0.376 e. The summed E-state index contributed by atoms with van der Waals surface area (Å²) in [5.74, 6) is 5.77. The third-order valence-corrected chi connectivity index (χ3v) is 5.77. The Morgan fingerprint density at radius 2 is 1.31 bits per heavy atom. The summed E-state index contributed by atoms with van der Waals surface area (Å²) in [6, 6.07) is 0. The molecule has 0 aliphatic rings. The molecular weight excluding hydrogens is 364 g/mol. The van der Waals surface area contributed by atoms with E-state index in [9.17, 15) is 5.11 Å². The number of benzene rings is 1. The fourth-order valence-electron chi connectivity index (χ4n) is 3.72. The summed E-state index contributed by atoms with van der Waals surface area (Å²) in [6.07, 6.45) is -1.59. The monoisotopic (exact) mass is 398 g/mol. The fraction of sp³-hybridized carbons (Fsp3) is 0.542. The minimum absolute atomic E-state index is 0.496. The van der Waals surface area contributed by atoms with Gasteiger partial charge in [0.25, 0.3) is 0 Å². The highest BCUT2D eigenvalue weighted by Crippen LogP contribution is 2.32. The van der Waals surface area contributed by atoms with Gasteiger partial charge in [-0.15, -0.1) is 0 Å². The molecule has 0 saturated carbocycles. The first-order valence-electron chi connectivity index (χ1n) is 10.2. The summed E-state index contributed by atoms with van der Waals surface area (Å²) >= 11 is 0. The lowest BCUT2D eigenvalue weighted by Crippen LogP contribution is -2.15. The van der Waals surface area contributed by atoms with Crippen LogP contribution in [0.1, 0.15) is 64.7 Å². The van der Waals surface area contributed by atoms with E-state index in [2.05, 4.69) is 46.5 Å². The van der Waals surface area contributed by atoms with E-state index in [1.54, 1.807) is 0 Å². The van der Waals surface area contributed by atoms with Gasteiger partial charge in [-0.2, -0.15) is 5.10 Å². The standard InChI is InChI=1S/C24H34N2O3/c1-10-28-22(29-11-2)13-12-21(27)23-19(8)25-26(20(23)9)24-17(6)15(4)14(3)16(5)18(24)7/h21-22,27H,10-11H2,1-9H3. The van der Waals surface area contributed by atoms with E-state index in [1.165, 1.54) is 27.8 Å². The summed E-state index contributed by atoms with van der Waals surface area (Å²) in [6.45, 7) is 19.4. The maximum atomic E-state index is 10.8. The number of aromatic nitrogens is 2. The van der Waals surface area contributed by atoms with Crippen LogP contribution < -0.4 is 0 Å². The number of rotatable bonds is 6. The number of hydrogen-bond donors (Lipinski definition) is 1. The molecule has 0 bridgehead atoms. The zero-order chi connectivity index (χ0) is 21.9. The van der Waals surface area contributed by atoms with E-state index >= 15 is 0 Å². The van der Waals surface area contributed by atoms with Gasteiger partial charge >= 0.3 is 0 Å². The molecule has 1 unspecified atom stereocenters. The Hall–Kier alpha value is -2.13. The molecule has 29 heavy (non-hydrogen) atoms. The Bertz CT molecular complexity index is 912. The molecule has 0 aliphatic heterocycles. The van der Waals surface area contributed by atoms with Crippen LogP contribution in [0.3, 0.4) is 0 Å². The molecule has 0 saturated heterocycles. The summed E-state index contributed by atoms with van der Waals surface area (Å²) in [4.78, 5) is 0. The van der Waals surface area contributed by atoms with E-state index in [0.29, 0.717) is 13.2 Å². The van der Waals surface area contributed by atoms with Gasteiger partial charge in [0.2, 0.25) is 6.29 Å². The number of nitrogens with zero attached hydrogens (tertiary/aromatic N) is 2. The van der Waals surface area contributed by atoms with Gasteiger partial charge in [0, 0.05) is 24.5 Å². The van der Waals surface area contributed by atoms with Crippen LogP contribution in [0.25, 0.3) is 5.69 Å². The average Bonchev–Trinajstić information content (AvgIpc) is 2.97. The van der Waals surface area contributed by atoms with Crippen molar-refractivity contribution in [3.8, 4) is 17.5 Å². The van der Waals surface area contributed by atoms with Gasteiger partial charge in [0.15, 0.2) is 0 Å². The molecule has 158 valence electrons. The van der Waals surface area contributed by atoms with Crippen LogP contribution in [-0.4, -0.2) is 34.4 Å². The van der Waals surface area contributed by atoms with Gasteiger partial charge in [-0.05, 0) is 96.1 Å². The lowest BCUT2D eigenvalue weighted by molar-refractivity contribution is -0.0971. The van der Waals surface area contributed by atoms with Crippen LogP contribution in [-0.2, 0) is 9.47 Å². The van der Waals surface area contributed by atoms with Crippen molar-refractivity contribution in [2.45, 2.75) is 74.7 Å². The van der Waals surface area contributed by atoms with Crippen LogP contribution in [0.5, 0.6) is 0 Å². The van der Waals surface area contributed by atoms with E-state index in [0.717, 1.165) is 22.6 Å². The van der Waals surface area contributed by atoms with Crippen molar-refractivity contribution in [1.29, 1.82) is 0 Å². The molecular formula is C24H34N2O3. The molecule has 2 rings (SSSR count). The second-order valence-electron chi connectivity index (χ2n) is 7.40. The highest BCUT2D eigenvalue weighted by atomic mass is 16.7. The van der Waals surface area contributed by atoms with Gasteiger partial charge in [0.1, 0.15) is 6.10 Å². The van der Waals surface area contributed by atoms with E-state index in [-0.39, 0.29) is 0 Å². The molecule has 1 atom stereocenters. The van der Waals surface area contributed by atoms with E-state index in [1.807, 2.05) is 32.4 Å². The summed E-state index contributed by atoms with van der Waals surface area (Å²) < 4.78 is 12.8. The predicted molar refractivity (Wildman–Crippen MR) is 116 cm³/mol. The van der Waals surface area contributed by atoms with Crippen LogP contribution in [0.4, 0.5) is 0 Å². The predicted octanol–water partition coefficient (Wildman–Crippen LogP) is 4.47.